The first-order valence-corrected chi connectivity index (χ1v) is 11.6. The van der Waals surface area contributed by atoms with Crippen LogP contribution < -0.4 is 16.0 Å². The summed E-state index contributed by atoms with van der Waals surface area (Å²) in [6.45, 7) is 4.60. The third-order valence-corrected chi connectivity index (χ3v) is 6.31. The lowest BCUT2D eigenvalue weighted by atomic mass is 9.78. The number of likely N-dealkylation sites (N-methyl/N-ethyl adjacent to an activating group) is 2. The van der Waals surface area contributed by atoms with E-state index in [0.29, 0.717) is 35.7 Å². The smallest absolute Gasteiger partial charge is 0.251 e. The van der Waals surface area contributed by atoms with Gasteiger partial charge in [0.1, 0.15) is 11.7 Å². The largest absolute Gasteiger partial charge is 0.378 e. The lowest BCUT2D eigenvalue weighted by Crippen LogP contribution is -2.51. The van der Waals surface area contributed by atoms with E-state index in [2.05, 4.69) is 16.0 Å². The molecule has 3 N–H and O–H groups in total. The highest BCUT2D eigenvalue weighted by atomic mass is 35.5. The van der Waals surface area contributed by atoms with E-state index < -0.39 is 17.7 Å². The SMILES string of the molecule is CCNC(=O)C1=C(C(=O)NCC)C2(C(Cc3ccccc3Cl)Nc3ccccc3)C=CC1O2. The molecule has 3 atom stereocenters. The minimum Gasteiger partial charge on any atom is -0.378 e. The van der Waals surface area contributed by atoms with Crippen LogP contribution in [0.15, 0.2) is 77.9 Å². The standard InChI is InChI=1S/C26H28ClN3O3/c1-3-28-24(31)22-20-14-15-26(33-20,23(22)25(32)29-4-2)21(30-18-11-6-5-7-12-18)16-17-10-8-9-13-19(17)27/h5-15,20-21,30H,3-4,16H2,1-2H3,(H,28,31)(H,29,32). The van der Waals surface area contributed by atoms with E-state index in [1.165, 1.54) is 0 Å². The number of fused-ring (bicyclic) bond motifs is 2. The van der Waals surface area contributed by atoms with Gasteiger partial charge in [0.2, 0.25) is 0 Å². The predicted octanol–water partition coefficient (Wildman–Crippen LogP) is 3.64. The Kier molecular flexibility index (Phi) is 6.86. The van der Waals surface area contributed by atoms with E-state index >= 15 is 0 Å². The molecule has 2 heterocycles. The molecule has 7 heteroatoms. The lowest BCUT2D eigenvalue weighted by molar-refractivity contribution is -0.120. The zero-order valence-corrected chi connectivity index (χ0v) is 19.5. The van der Waals surface area contributed by atoms with Gasteiger partial charge in [-0.15, -0.1) is 0 Å². The van der Waals surface area contributed by atoms with Gasteiger partial charge in [0, 0.05) is 23.8 Å². The Morgan fingerprint density at radius 1 is 1.00 bits per heavy atom. The molecule has 2 bridgehead atoms. The molecule has 2 aromatic rings. The average molecular weight is 466 g/mol. The molecule has 2 aromatic carbocycles. The number of halogens is 1. The van der Waals surface area contributed by atoms with Crippen molar-refractivity contribution in [3.63, 3.8) is 0 Å². The lowest BCUT2D eigenvalue weighted by Gasteiger charge is -2.36. The van der Waals surface area contributed by atoms with Crippen LogP contribution >= 0.6 is 11.6 Å². The van der Waals surface area contributed by atoms with Gasteiger partial charge < -0.3 is 20.7 Å². The molecule has 0 radical (unpaired) electrons. The van der Waals surface area contributed by atoms with Crippen molar-refractivity contribution in [3.05, 3.63) is 88.5 Å². The van der Waals surface area contributed by atoms with Gasteiger partial charge in [0.05, 0.1) is 17.2 Å². The first-order valence-electron chi connectivity index (χ1n) is 11.2. The number of para-hydroxylation sites is 1. The fourth-order valence-corrected chi connectivity index (χ4v) is 4.73. The number of amides is 2. The number of rotatable bonds is 9. The molecule has 2 aliphatic rings. The van der Waals surface area contributed by atoms with Crippen LogP contribution in [0.2, 0.25) is 5.02 Å². The Hall–Kier alpha value is -3.09. The molecule has 2 aliphatic heterocycles. The number of carbonyl (C=O) groups excluding carboxylic acids is 2. The van der Waals surface area contributed by atoms with Crippen LogP contribution in [0.1, 0.15) is 19.4 Å². The molecule has 4 rings (SSSR count). The molecule has 0 aromatic heterocycles. The normalized spacial score (nSPS) is 21.7. The van der Waals surface area contributed by atoms with Gasteiger partial charge in [0.25, 0.3) is 11.8 Å². The topological polar surface area (TPSA) is 79.5 Å². The van der Waals surface area contributed by atoms with Crippen molar-refractivity contribution in [3.8, 4) is 0 Å². The van der Waals surface area contributed by atoms with Crippen LogP contribution in [0.4, 0.5) is 5.69 Å². The second-order valence-corrected chi connectivity index (χ2v) is 8.46. The van der Waals surface area contributed by atoms with Crippen molar-refractivity contribution in [1.29, 1.82) is 0 Å². The molecule has 0 spiro atoms. The summed E-state index contributed by atoms with van der Waals surface area (Å²) in [6.07, 6.45) is 3.67. The van der Waals surface area contributed by atoms with Crippen LogP contribution in [0.25, 0.3) is 0 Å². The summed E-state index contributed by atoms with van der Waals surface area (Å²) in [7, 11) is 0. The van der Waals surface area contributed by atoms with Crippen LogP contribution in [0.5, 0.6) is 0 Å². The maximum atomic E-state index is 13.3. The predicted molar refractivity (Wildman–Crippen MR) is 130 cm³/mol. The summed E-state index contributed by atoms with van der Waals surface area (Å²) in [5.74, 6) is -0.587. The van der Waals surface area contributed by atoms with Crippen molar-refractivity contribution >= 4 is 29.1 Å². The second-order valence-electron chi connectivity index (χ2n) is 8.06. The molecule has 0 saturated carbocycles. The summed E-state index contributed by atoms with van der Waals surface area (Å²) >= 11 is 6.50. The molecule has 3 unspecified atom stereocenters. The zero-order valence-electron chi connectivity index (χ0n) is 18.7. The monoisotopic (exact) mass is 465 g/mol. The van der Waals surface area contributed by atoms with Gasteiger partial charge in [-0.1, -0.05) is 54.1 Å². The van der Waals surface area contributed by atoms with Gasteiger partial charge in [-0.2, -0.15) is 0 Å². The van der Waals surface area contributed by atoms with Crippen LogP contribution in [0.3, 0.4) is 0 Å². The highest BCUT2D eigenvalue weighted by Crippen LogP contribution is 2.47. The van der Waals surface area contributed by atoms with E-state index in [9.17, 15) is 9.59 Å². The maximum absolute atomic E-state index is 13.3. The molecule has 0 saturated heterocycles. The van der Waals surface area contributed by atoms with Gasteiger partial charge in [-0.3, -0.25) is 9.59 Å². The number of benzene rings is 2. The van der Waals surface area contributed by atoms with Gasteiger partial charge in [0.15, 0.2) is 0 Å². The average Bonchev–Trinajstić information content (AvgIpc) is 3.39. The van der Waals surface area contributed by atoms with Crippen molar-refractivity contribution in [1.82, 2.24) is 10.6 Å². The third-order valence-electron chi connectivity index (χ3n) is 5.95. The summed E-state index contributed by atoms with van der Waals surface area (Å²) in [5, 5.41) is 9.89. The number of nitrogens with one attached hydrogen (secondary N) is 3. The number of anilines is 1. The van der Waals surface area contributed by atoms with E-state index in [-0.39, 0.29) is 11.8 Å². The Balaban J connectivity index is 1.82. The number of hydrogen-bond donors (Lipinski definition) is 3. The highest BCUT2D eigenvalue weighted by molar-refractivity contribution is 6.31. The van der Waals surface area contributed by atoms with Crippen LogP contribution in [-0.4, -0.2) is 42.7 Å². The molecular formula is C26H28ClN3O3. The van der Waals surface area contributed by atoms with E-state index in [1.807, 2.05) is 80.6 Å². The van der Waals surface area contributed by atoms with E-state index in [1.54, 1.807) is 0 Å². The number of hydrogen-bond acceptors (Lipinski definition) is 4. The maximum Gasteiger partial charge on any atom is 0.251 e. The third kappa shape index (κ3) is 4.41. The highest BCUT2D eigenvalue weighted by Gasteiger charge is 2.57. The Morgan fingerprint density at radius 2 is 1.67 bits per heavy atom. The second kappa shape index (κ2) is 9.81. The summed E-state index contributed by atoms with van der Waals surface area (Å²) in [5.41, 5.74) is 1.39. The molecule has 2 amide bonds. The van der Waals surface area contributed by atoms with Crippen molar-refractivity contribution in [2.24, 2.45) is 0 Å². The number of carbonyl (C=O) groups is 2. The molecule has 172 valence electrons. The minimum absolute atomic E-state index is 0.286. The van der Waals surface area contributed by atoms with Crippen molar-refractivity contribution in [2.75, 3.05) is 18.4 Å². The summed E-state index contributed by atoms with van der Waals surface area (Å²) in [4.78, 5) is 26.3. The quantitative estimate of drug-likeness (QED) is 0.494. The first kappa shape index (κ1) is 23.1. The summed E-state index contributed by atoms with van der Waals surface area (Å²) < 4.78 is 6.45. The van der Waals surface area contributed by atoms with Gasteiger partial charge in [-0.05, 0) is 50.1 Å². The van der Waals surface area contributed by atoms with Crippen LogP contribution in [0, 0.1) is 0 Å². The molecular weight excluding hydrogens is 438 g/mol. The zero-order chi connectivity index (χ0) is 23.4. The number of ether oxygens (including phenoxy) is 1. The Morgan fingerprint density at radius 3 is 2.36 bits per heavy atom. The van der Waals surface area contributed by atoms with E-state index in [4.69, 9.17) is 16.3 Å². The minimum atomic E-state index is -1.13. The fraction of sp³-hybridized carbons (Fsp3) is 0.308. The van der Waals surface area contributed by atoms with Crippen LogP contribution in [-0.2, 0) is 20.7 Å². The molecule has 0 aliphatic carbocycles. The van der Waals surface area contributed by atoms with Gasteiger partial charge >= 0.3 is 0 Å². The fourth-order valence-electron chi connectivity index (χ4n) is 4.52. The Bertz CT molecular complexity index is 1100. The molecule has 0 fully saturated rings. The molecule has 33 heavy (non-hydrogen) atoms. The first-order chi connectivity index (χ1) is 16.0. The van der Waals surface area contributed by atoms with Crippen molar-refractivity contribution < 1.29 is 14.3 Å². The Labute approximate surface area is 199 Å². The summed E-state index contributed by atoms with van der Waals surface area (Å²) in [6, 6.07) is 17.0. The van der Waals surface area contributed by atoms with Gasteiger partial charge in [-0.25, -0.2) is 0 Å². The van der Waals surface area contributed by atoms with E-state index in [0.717, 1.165) is 11.3 Å². The molecule has 6 nitrogen and oxygen atoms in total. The van der Waals surface area contributed by atoms with Crippen molar-refractivity contribution in [2.45, 2.75) is 38.0 Å².